The van der Waals surface area contributed by atoms with E-state index in [2.05, 4.69) is 0 Å². The molecule has 0 aliphatic heterocycles. The standard InChI is InChI=1S/C22H50O8Si2/c1-19(2,15-23-9)27-31(13,28-20(3,4)16-24-10)32(14,29-21(5,6)17-25-11)30-22(7,8)18-26-12/h15-18H2,1-14H3. The third-order valence-electron chi connectivity index (χ3n) is 4.68. The Bertz CT molecular complexity index is 464. The van der Waals surface area contributed by atoms with Gasteiger partial charge in [-0.3, -0.25) is 0 Å². The minimum atomic E-state index is -3.20. The van der Waals surface area contributed by atoms with Crippen LogP contribution in [0.25, 0.3) is 0 Å². The van der Waals surface area contributed by atoms with Gasteiger partial charge in [-0.2, -0.15) is 0 Å². The third-order valence-corrected chi connectivity index (χ3v) is 16.3. The van der Waals surface area contributed by atoms with Crippen LogP contribution in [0.2, 0.25) is 13.1 Å². The fraction of sp³-hybridized carbons (Fsp3) is 1.00. The SMILES string of the molecule is COCC(C)(C)O[Si](C)(OC(C)(C)COC)[Si](C)(OC(C)(C)COC)OC(C)(C)COC. The van der Waals surface area contributed by atoms with Crippen molar-refractivity contribution in [3.63, 3.8) is 0 Å². The summed E-state index contributed by atoms with van der Waals surface area (Å²) in [6.07, 6.45) is 0. The minimum absolute atomic E-state index is 0.400. The van der Waals surface area contributed by atoms with E-state index in [1.807, 2.05) is 68.5 Å². The molecule has 0 unspecified atom stereocenters. The van der Waals surface area contributed by atoms with Gasteiger partial charge in [0, 0.05) is 28.4 Å². The van der Waals surface area contributed by atoms with E-state index in [0.717, 1.165) is 0 Å². The summed E-state index contributed by atoms with van der Waals surface area (Å²) in [4.78, 5) is 0. The summed E-state index contributed by atoms with van der Waals surface area (Å²) >= 11 is 0. The number of hydrogen-bond donors (Lipinski definition) is 0. The lowest BCUT2D eigenvalue weighted by molar-refractivity contribution is -0.0747. The molecule has 0 rings (SSSR count). The monoisotopic (exact) mass is 498 g/mol. The molecule has 0 aromatic heterocycles. The van der Waals surface area contributed by atoms with Crippen LogP contribution in [0.5, 0.6) is 0 Å². The minimum Gasteiger partial charge on any atom is -0.386 e. The maximum Gasteiger partial charge on any atom is 0.382 e. The lowest BCUT2D eigenvalue weighted by Crippen LogP contribution is -2.74. The van der Waals surface area contributed by atoms with E-state index in [4.69, 9.17) is 36.7 Å². The van der Waals surface area contributed by atoms with Crippen LogP contribution in [0, 0.1) is 0 Å². The van der Waals surface area contributed by atoms with Crippen molar-refractivity contribution in [2.45, 2.75) is 90.9 Å². The molecule has 0 aromatic carbocycles. The van der Waals surface area contributed by atoms with Gasteiger partial charge in [-0.25, -0.2) is 0 Å². The predicted octanol–water partition coefficient (Wildman–Crippen LogP) is 3.98. The van der Waals surface area contributed by atoms with Crippen LogP contribution < -0.4 is 0 Å². The van der Waals surface area contributed by atoms with Crippen molar-refractivity contribution in [3.05, 3.63) is 0 Å². The van der Waals surface area contributed by atoms with Crippen molar-refractivity contribution >= 4 is 16.2 Å². The Morgan fingerprint density at radius 1 is 0.406 bits per heavy atom. The predicted molar refractivity (Wildman–Crippen MR) is 131 cm³/mol. The highest BCUT2D eigenvalue weighted by Gasteiger charge is 2.65. The first kappa shape index (κ1) is 32.1. The van der Waals surface area contributed by atoms with Crippen molar-refractivity contribution in [3.8, 4) is 0 Å². The van der Waals surface area contributed by atoms with Crippen molar-refractivity contribution in [2.24, 2.45) is 0 Å². The van der Waals surface area contributed by atoms with Gasteiger partial charge in [-0.05, 0) is 68.5 Å². The number of ether oxygens (including phenoxy) is 4. The van der Waals surface area contributed by atoms with Crippen LogP contribution in [0.15, 0.2) is 0 Å². The Kier molecular flexibility index (Phi) is 12.2. The topological polar surface area (TPSA) is 73.8 Å². The van der Waals surface area contributed by atoms with E-state index in [1.165, 1.54) is 0 Å². The summed E-state index contributed by atoms with van der Waals surface area (Å²) in [5, 5.41) is 0. The van der Waals surface area contributed by atoms with Crippen molar-refractivity contribution in [2.75, 3.05) is 54.9 Å². The van der Waals surface area contributed by atoms with Crippen LogP contribution in [0.3, 0.4) is 0 Å². The zero-order valence-electron chi connectivity index (χ0n) is 23.1. The van der Waals surface area contributed by atoms with E-state index in [9.17, 15) is 0 Å². The van der Waals surface area contributed by atoms with Crippen molar-refractivity contribution in [1.82, 2.24) is 0 Å². The molecule has 8 nitrogen and oxygen atoms in total. The fourth-order valence-electron chi connectivity index (χ4n) is 4.03. The average Bonchev–Trinajstić information content (AvgIpc) is 2.51. The summed E-state index contributed by atoms with van der Waals surface area (Å²) in [6, 6.07) is 0. The maximum absolute atomic E-state index is 6.83. The van der Waals surface area contributed by atoms with Crippen LogP contribution in [0.4, 0.5) is 0 Å². The van der Waals surface area contributed by atoms with Crippen LogP contribution >= 0.6 is 0 Å². The molecule has 0 spiro atoms. The quantitative estimate of drug-likeness (QED) is 0.279. The number of rotatable bonds is 17. The summed E-state index contributed by atoms with van der Waals surface area (Å²) < 4.78 is 49.0. The molecule has 0 heterocycles. The van der Waals surface area contributed by atoms with Gasteiger partial charge >= 0.3 is 16.2 Å². The van der Waals surface area contributed by atoms with E-state index >= 15 is 0 Å². The Morgan fingerprint density at radius 3 is 0.688 bits per heavy atom. The van der Waals surface area contributed by atoms with Gasteiger partial charge in [-0.1, -0.05) is 0 Å². The van der Waals surface area contributed by atoms with Crippen molar-refractivity contribution < 1.29 is 36.7 Å². The first-order chi connectivity index (χ1) is 14.3. The van der Waals surface area contributed by atoms with E-state index in [1.54, 1.807) is 28.4 Å². The highest BCUT2D eigenvalue weighted by atomic mass is 29.3. The largest absolute Gasteiger partial charge is 0.386 e. The van der Waals surface area contributed by atoms with Gasteiger partial charge in [0.05, 0.1) is 48.8 Å². The molecule has 10 heteroatoms. The lowest BCUT2D eigenvalue weighted by atomic mass is 10.2. The second-order valence-corrected chi connectivity index (χ2v) is 21.1. The third kappa shape index (κ3) is 10.6. The second kappa shape index (κ2) is 12.2. The maximum atomic E-state index is 6.83. The zero-order valence-corrected chi connectivity index (χ0v) is 25.1. The first-order valence-corrected chi connectivity index (χ1v) is 16.7. The van der Waals surface area contributed by atoms with Crippen molar-refractivity contribution in [1.29, 1.82) is 0 Å². The second-order valence-electron chi connectivity index (χ2n) is 11.1. The molecule has 0 aliphatic carbocycles. The molecule has 194 valence electrons. The first-order valence-electron chi connectivity index (χ1n) is 11.1. The lowest BCUT2D eigenvalue weighted by Gasteiger charge is -2.51. The van der Waals surface area contributed by atoms with Gasteiger partial charge in [0.2, 0.25) is 0 Å². The summed E-state index contributed by atoms with van der Waals surface area (Å²) in [5.74, 6) is 0. The van der Waals surface area contributed by atoms with Crippen LogP contribution in [-0.4, -0.2) is 93.4 Å². The molecule has 0 aromatic rings. The highest BCUT2D eigenvalue weighted by Crippen LogP contribution is 2.37. The Morgan fingerprint density at radius 2 is 0.562 bits per heavy atom. The van der Waals surface area contributed by atoms with Gasteiger partial charge in [0.25, 0.3) is 0 Å². The van der Waals surface area contributed by atoms with E-state index in [-0.39, 0.29) is 0 Å². The Labute approximate surface area is 198 Å². The summed E-state index contributed by atoms with van der Waals surface area (Å²) in [6.45, 7) is 21.6. The number of hydrogen-bond acceptors (Lipinski definition) is 8. The van der Waals surface area contributed by atoms with Crippen LogP contribution in [-0.2, 0) is 36.7 Å². The van der Waals surface area contributed by atoms with Gasteiger partial charge < -0.3 is 36.7 Å². The molecule has 32 heavy (non-hydrogen) atoms. The van der Waals surface area contributed by atoms with E-state index in [0.29, 0.717) is 26.4 Å². The van der Waals surface area contributed by atoms with Gasteiger partial charge in [0.1, 0.15) is 0 Å². The highest BCUT2D eigenvalue weighted by molar-refractivity contribution is 7.31. The zero-order chi connectivity index (χ0) is 25.5. The van der Waals surface area contributed by atoms with Crippen LogP contribution in [0.1, 0.15) is 55.4 Å². The van der Waals surface area contributed by atoms with Gasteiger partial charge in [0.15, 0.2) is 0 Å². The summed E-state index contributed by atoms with van der Waals surface area (Å²) in [7, 11) is 0.233. The molecule has 0 radical (unpaired) electrons. The fourth-order valence-corrected chi connectivity index (χ4v) is 14.8. The molecular formula is C22H50O8Si2. The van der Waals surface area contributed by atoms with Gasteiger partial charge in [-0.15, -0.1) is 0 Å². The summed E-state index contributed by atoms with van der Waals surface area (Å²) in [5.41, 5.74) is -2.46. The molecule has 0 fully saturated rings. The number of methoxy groups -OCH3 is 4. The normalized spacial score (nSPS) is 14.8. The average molecular weight is 499 g/mol. The van der Waals surface area contributed by atoms with E-state index < -0.39 is 38.6 Å². The molecule has 0 saturated carbocycles. The smallest absolute Gasteiger partial charge is 0.382 e. The molecule has 0 saturated heterocycles. The molecule has 0 N–H and O–H groups in total. The molecule has 0 bridgehead atoms. The molecule has 0 amide bonds. The Hall–Kier alpha value is 0.114. The molecular weight excluding hydrogens is 448 g/mol. The Balaban J connectivity index is 6.62. The molecule has 0 atom stereocenters. The molecule has 0 aliphatic rings.